The van der Waals surface area contributed by atoms with Crippen LogP contribution < -0.4 is 20.3 Å². The number of aromatic amines is 1. The van der Waals surface area contributed by atoms with Gasteiger partial charge in [0.05, 0.1) is 25.0 Å². The molecule has 6 rings (SSSR count). The van der Waals surface area contributed by atoms with Gasteiger partial charge in [-0.05, 0) is 48.9 Å². The van der Waals surface area contributed by atoms with Crippen LogP contribution in [0.3, 0.4) is 0 Å². The second-order valence-corrected chi connectivity index (χ2v) is 9.91. The summed E-state index contributed by atoms with van der Waals surface area (Å²) in [5, 5.41) is 9.71. The molecule has 8 heteroatoms. The predicted molar refractivity (Wildman–Crippen MR) is 141 cm³/mol. The summed E-state index contributed by atoms with van der Waals surface area (Å²) in [7, 11) is 1.60. The first-order chi connectivity index (χ1) is 17.8. The fourth-order valence-electron chi connectivity index (χ4n) is 4.94. The zero-order valence-electron chi connectivity index (χ0n) is 20.7. The Balaban J connectivity index is 1.33. The fraction of sp³-hybridized carbons (Fsp3) is 0.207. The lowest BCUT2D eigenvalue weighted by Gasteiger charge is -2.38. The summed E-state index contributed by atoms with van der Waals surface area (Å²) < 4.78 is 12.9. The van der Waals surface area contributed by atoms with Gasteiger partial charge in [0.1, 0.15) is 22.6 Å². The first-order valence-electron chi connectivity index (χ1n) is 12.1. The molecule has 37 heavy (non-hydrogen) atoms. The number of nitrogens with zero attached hydrogens (tertiary/aromatic N) is 2. The third kappa shape index (κ3) is 4.20. The van der Waals surface area contributed by atoms with Crippen LogP contribution in [0.15, 0.2) is 77.7 Å². The van der Waals surface area contributed by atoms with Gasteiger partial charge in [-0.2, -0.15) is 5.10 Å². The van der Waals surface area contributed by atoms with Crippen molar-refractivity contribution in [3.05, 3.63) is 94.5 Å². The number of carbonyl (C=O) groups excluding carboxylic acids is 1. The van der Waals surface area contributed by atoms with E-state index in [-0.39, 0.29) is 23.2 Å². The van der Waals surface area contributed by atoms with Crippen molar-refractivity contribution in [3.8, 4) is 22.8 Å². The average Bonchev–Trinajstić information content (AvgIpc) is 3.33. The Bertz CT molecular complexity index is 1730. The SMILES string of the molecule is COc1ccc2c(c1)C(NC(=O)c1cc3c(=O)[nH]c(-c4ccc5ccccc5c4)cn3n1)CC(C)(C)O2. The molecule has 1 aliphatic heterocycles. The summed E-state index contributed by atoms with van der Waals surface area (Å²) in [6.45, 7) is 3.97. The van der Waals surface area contributed by atoms with E-state index < -0.39 is 5.60 Å². The molecule has 0 fully saturated rings. The van der Waals surface area contributed by atoms with Crippen molar-refractivity contribution in [2.45, 2.75) is 31.9 Å². The van der Waals surface area contributed by atoms with Crippen LogP contribution in [-0.4, -0.2) is 33.2 Å². The molecular weight excluding hydrogens is 468 g/mol. The monoisotopic (exact) mass is 494 g/mol. The smallest absolute Gasteiger partial charge is 0.274 e. The largest absolute Gasteiger partial charge is 0.497 e. The molecule has 0 saturated carbocycles. The third-order valence-corrected chi connectivity index (χ3v) is 6.74. The number of amides is 1. The van der Waals surface area contributed by atoms with Crippen molar-refractivity contribution >= 4 is 22.2 Å². The highest BCUT2D eigenvalue weighted by atomic mass is 16.5. The molecule has 186 valence electrons. The van der Waals surface area contributed by atoms with Gasteiger partial charge in [-0.25, -0.2) is 4.52 Å². The van der Waals surface area contributed by atoms with Crippen molar-refractivity contribution in [1.29, 1.82) is 0 Å². The van der Waals surface area contributed by atoms with E-state index in [4.69, 9.17) is 9.47 Å². The molecule has 2 N–H and O–H groups in total. The number of methoxy groups -OCH3 is 1. The lowest BCUT2D eigenvalue weighted by molar-refractivity contribution is 0.0616. The number of aromatic nitrogens is 3. The molecule has 1 atom stereocenters. The Hall–Kier alpha value is -4.59. The Kier molecular flexibility index (Phi) is 5.26. The molecule has 2 aromatic heterocycles. The fourth-order valence-corrected chi connectivity index (χ4v) is 4.94. The molecule has 0 aliphatic carbocycles. The summed E-state index contributed by atoms with van der Waals surface area (Å²) in [5.74, 6) is 1.02. The van der Waals surface area contributed by atoms with E-state index >= 15 is 0 Å². The highest BCUT2D eigenvalue weighted by Gasteiger charge is 2.35. The molecule has 0 saturated heterocycles. The Labute approximate surface area is 212 Å². The van der Waals surface area contributed by atoms with Crippen molar-refractivity contribution in [2.24, 2.45) is 0 Å². The molecule has 1 unspecified atom stereocenters. The van der Waals surface area contributed by atoms with Gasteiger partial charge in [-0.15, -0.1) is 0 Å². The van der Waals surface area contributed by atoms with Gasteiger partial charge in [0.25, 0.3) is 11.5 Å². The summed E-state index contributed by atoms with van der Waals surface area (Å²) >= 11 is 0. The Morgan fingerprint density at radius 3 is 2.73 bits per heavy atom. The molecule has 0 bridgehead atoms. The van der Waals surface area contributed by atoms with Gasteiger partial charge in [-0.3, -0.25) is 9.59 Å². The minimum atomic E-state index is -0.468. The quantitative estimate of drug-likeness (QED) is 0.371. The van der Waals surface area contributed by atoms with Crippen molar-refractivity contribution in [1.82, 2.24) is 19.9 Å². The Morgan fingerprint density at radius 2 is 1.92 bits per heavy atom. The average molecular weight is 495 g/mol. The molecule has 1 aliphatic rings. The molecular formula is C29H26N4O4. The van der Waals surface area contributed by atoms with Gasteiger partial charge in [0, 0.05) is 23.6 Å². The maximum Gasteiger partial charge on any atom is 0.274 e. The second kappa shape index (κ2) is 8.51. The van der Waals surface area contributed by atoms with Crippen molar-refractivity contribution in [3.63, 3.8) is 0 Å². The van der Waals surface area contributed by atoms with Crippen LogP contribution in [0.25, 0.3) is 27.5 Å². The van der Waals surface area contributed by atoms with E-state index in [2.05, 4.69) is 15.4 Å². The van der Waals surface area contributed by atoms with Crippen LogP contribution in [0.2, 0.25) is 0 Å². The van der Waals surface area contributed by atoms with Crippen molar-refractivity contribution < 1.29 is 14.3 Å². The zero-order chi connectivity index (χ0) is 25.7. The summed E-state index contributed by atoms with van der Waals surface area (Å²) in [6, 6.07) is 20.8. The van der Waals surface area contributed by atoms with Gasteiger partial charge < -0.3 is 19.8 Å². The highest BCUT2D eigenvalue weighted by molar-refractivity contribution is 5.94. The number of H-pyrrole nitrogens is 1. The van der Waals surface area contributed by atoms with Crippen LogP contribution in [0.5, 0.6) is 11.5 Å². The minimum Gasteiger partial charge on any atom is -0.497 e. The lowest BCUT2D eigenvalue weighted by Crippen LogP contribution is -2.41. The molecule has 3 aromatic carbocycles. The maximum atomic E-state index is 13.3. The van der Waals surface area contributed by atoms with E-state index in [0.29, 0.717) is 29.1 Å². The number of hydrogen-bond acceptors (Lipinski definition) is 5. The molecule has 8 nitrogen and oxygen atoms in total. The minimum absolute atomic E-state index is 0.162. The second-order valence-electron chi connectivity index (χ2n) is 9.91. The Morgan fingerprint density at radius 1 is 1.11 bits per heavy atom. The van der Waals surface area contributed by atoms with Crippen LogP contribution in [0.4, 0.5) is 0 Å². The standard InChI is InChI=1S/C29H26N4O4/c1-29(2)15-23(21-13-20(36-3)10-11-26(21)37-29)30-27(34)22-14-25-28(35)31-24(16-33(25)32-22)19-9-8-17-6-4-5-7-18(17)12-19/h4-14,16,23H,15H2,1-3H3,(H,30,34)(H,31,35). The predicted octanol–water partition coefficient (Wildman–Crippen LogP) is 4.88. The van der Waals surface area contributed by atoms with E-state index in [1.54, 1.807) is 13.3 Å². The topological polar surface area (TPSA) is 97.7 Å². The highest BCUT2D eigenvalue weighted by Crippen LogP contribution is 2.41. The first-order valence-corrected chi connectivity index (χ1v) is 12.1. The van der Waals surface area contributed by atoms with Crippen LogP contribution in [0, 0.1) is 0 Å². The molecule has 1 amide bonds. The van der Waals surface area contributed by atoms with Crippen LogP contribution in [0.1, 0.15) is 42.4 Å². The summed E-state index contributed by atoms with van der Waals surface area (Å²) in [4.78, 5) is 29.1. The van der Waals surface area contributed by atoms with Crippen LogP contribution >= 0.6 is 0 Å². The molecule has 0 spiro atoms. The lowest BCUT2D eigenvalue weighted by atomic mass is 9.89. The number of nitrogens with one attached hydrogen (secondary N) is 2. The van der Waals surface area contributed by atoms with Gasteiger partial charge in [-0.1, -0.05) is 36.4 Å². The molecule has 0 radical (unpaired) electrons. The number of benzene rings is 3. The van der Waals surface area contributed by atoms with Gasteiger partial charge in [0.2, 0.25) is 0 Å². The normalized spacial score (nSPS) is 16.2. The number of carbonyl (C=O) groups is 1. The van der Waals surface area contributed by atoms with Crippen LogP contribution in [-0.2, 0) is 0 Å². The zero-order valence-corrected chi connectivity index (χ0v) is 20.7. The molecule has 3 heterocycles. The van der Waals surface area contributed by atoms with Gasteiger partial charge >= 0.3 is 0 Å². The first kappa shape index (κ1) is 22.8. The van der Waals surface area contributed by atoms with E-state index in [9.17, 15) is 9.59 Å². The van der Waals surface area contributed by atoms with Gasteiger partial charge in [0.15, 0.2) is 5.69 Å². The third-order valence-electron chi connectivity index (χ3n) is 6.74. The van der Waals surface area contributed by atoms with E-state index in [0.717, 1.165) is 21.9 Å². The number of hydrogen-bond donors (Lipinski definition) is 2. The maximum absolute atomic E-state index is 13.3. The molecule has 5 aromatic rings. The number of rotatable bonds is 4. The van der Waals surface area contributed by atoms with Crippen molar-refractivity contribution in [2.75, 3.05) is 7.11 Å². The number of ether oxygens (including phenoxy) is 2. The van der Waals surface area contributed by atoms with E-state index in [1.807, 2.05) is 74.5 Å². The van der Waals surface area contributed by atoms with E-state index in [1.165, 1.54) is 10.6 Å². The number of fused-ring (bicyclic) bond motifs is 3. The summed E-state index contributed by atoms with van der Waals surface area (Å²) in [6.07, 6.45) is 2.30. The summed E-state index contributed by atoms with van der Waals surface area (Å²) in [5.41, 5.74) is 1.98.